The number of rotatable bonds is 1. The summed E-state index contributed by atoms with van der Waals surface area (Å²) in [5, 5.41) is 0.658. The number of nitrogen functional groups attached to an aromatic ring is 2. The molecule has 0 radical (unpaired) electrons. The van der Waals surface area contributed by atoms with E-state index in [0.29, 0.717) is 11.1 Å². The van der Waals surface area contributed by atoms with Gasteiger partial charge in [-0.2, -0.15) is 4.98 Å². The van der Waals surface area contributed by atoms with E-state index in [0.717, 1.165) is 49.6 Å². The minimum Gasteiger partial charge on any atom is -0.375 e. The Labute approximate surface area is 127 Å². The van der Waals surface area contributed by atoms with Gasteiger partial charge in [0.2, 0.25) is 5.95 Å². The zero-order valence-electron chi connectivity index (χ0n) is 11.8. The molecule has 4 N–H and O–H groups in total. The third-order valence-corrected chi connectivity index (χ3v) is 5.14. The summed E-state index contributed by atoms with van der Waals surface area (Å²) in [6.45, 7) is 1.74. The molecule has 4 rings (SSSR count). The predicted molar refractivity (Wildman–Crippen MR) is 84.4 cm³/mol. The van der Waals surface area contributed by atoms with Crippen LogP contribution in [0.5, 0.6) is 0 Å². The van der Waals surface area contributed by atoms with E-state index >= 15 is 0 Å². The molecule has 3 heterocycles. The fraction of sp³-hybridized carbons (Fsp3) is 0.500. The van der Waals surface area contributed by atoms with Crippen LogP contribution in [0.1, 0.15) is 34.7 Å². The lowest BCUT2D eigenvalue weighted by Gasteiger charge is -2.30. The van der Waals surface area contributed by atoms with Crippen LogP contribution in [0.2, 0.25) is 0 Å². The number of anilines is 3. The van der Waals surface area contributed by atoms with Gasteiger partial charge in [-0.1, -0.05) is 0 Å². The van der Waals surface area contributed by atoms with Crippen LogP contribution >= 0.6 is 11.3 Å². The van der Waals surface area contributed by atoms with Gasteiger partial charge < -0.3 is 16.4 Å². The van der Waals surface area contributed by atoms with Gasteiger partial charge in [-0.15, -0.1) is 11.3 Å². The molecular formula is C14H18N6S. The summed E-state index contributed by atoms with van der Waals surface area (Å²) in [6, 6.07) is 0. The Morgan fingerprint density at radius 2 is 1.81 bits per heavy atom. The number of hydrogen-bond acceptors (Lipinski definition) is 7. The lowest BCUT2D eigenvalue weighted by atomic mass is 9.96. The highest BCUT2D eigenvalue weighted by Gasteiger charge is 2.26. The predicted octanol–water partition coefficient (Wildman–Crippen LogP) is 1.54. The summed E-state index contributed by atoms with van der Waals surface area (Å²) in [5.74, 6) is 1.41. The van der Waals surface area contributed by atoms with Gasteiger partial charge in [0.05, 0.1) is 17.9 Å². The molecule has 6 nitrogen and oxygen atoms in total. The molecule has 1 aliphatic carbocycles. The highest BCUT2D eigenvalue weighted by atomic mass is 32.1. The number of hydrogen-bond donors (Lipinski definition) is 2. The van der Waals surface area contributed by atoms with Gasteiger partial charge in [-0.3, -0.25) is 0 Å². The van der Waals surface area contributed by atoms with E-state index in [9.17, 15) is 0 Å². The van der Waals surface area contributed by atoms with Gasteiger partial charge >= 0.3 is 0 Å². The molecule has 1 aliphatic heterocycles. The molecule has 0 unspecified atom stereocenters. The zero-order valence-corrected chi connectivity index (χ0v) is 12.6. The number of fused-ring (bicyclic) bond motifs is 2. The fourth-order valence-electron chi connectivity index (χ4n) is 3.25. The van der Waals surface area contributed by atoms with E-state index < -0.39 is 0 Å². The molecule has 0 bridgehead atoms. The Bertz CT molecular complexity index is 695. The molecule has 7 heteroatoms. The van der Waals surface area contributed by atoms with Gasteiger partial charge in [-0.05, 0) is 25.7 Å². The maximum atomic E-state index is 5.91. The van der Waals surface area contributed by atoms with Crippen molar-refractivity contribution in [1.82, 2.24) is 15.0 Å². The van der Waals surface area contributed by atoms with E-state index in [1.54, 1.807) is 11.3 Å². The van der Waals surface area contributed by atoms with Crippen molar-refractivity contribution < 1.29 is 0 Å². The Morgan fingerprint density at radius 1 is 0.952 bits per heavy atom. The second-order valence-electron chi connectivity index (χ2n) is 5.63. The maximum Gasteiger partial charge on any atom is 0.222 e. The zero-order chi connectivity index (χ0) is 14.4. The molecule has 0 aromatic carbocycles. The first kappa shape index (κ1) is 12.8. The smallest absolute Gasteiger partial charge is 0.222 e. The average molecular weight is 302 g/mol. The molecular weight excluding hydrogens is 284 g/mol. The van der Waals surface area contributed by atoms with Crippen LogP contribution in [0, 0.1) is 0 Å². The lowest BCUT2D eigenvalue weighted by Crippen LogP contribution is -2.32. The summed E-state index contributed by atoms with van der Waals surface area (Å²) >= 11 is 1.58. The molecule has 0 amide bonds. The van der Waals surface area contributed by atoms with Crippen molar-refractivity contribution in [3.8, 4) is 0 Å². The van der Waals surface area contributed by atoms with Crippen molar-refractivity contribution >= 4 is 28.2 Å². The SMILES string of the molecule is Nc1nc2c(c(N3CCc4nc(N)sc4C3)n1)CCCC2. The number of aromatic nitrogens is 3. The third kappa shape index (κ3) is 2.21. The molecule has 0 spiro atoms. The normalized spacial score (nSPS) is 17.4. The van der Waals surface area contributed by atoms with E-state index in [1.807, 2.05) is 0 Å². The summed E-state index contributed by atoms with van der Waals surface area (Å²) in [5.41, 5.74) is 15.3. The first-order chi connectivity index (χ1) is 10.2. The van der Waals surface area contributed by atoms with Gasteiger partial charge in [0.1, 0.15) is 5.82 Å². The largest absolute Gasteiger partial charge is 0.375 e. The summed E-state index contributed by atoms with van der Waals surface area (Å²) in [7, 11) is 0. The molecule has 0 saturated heterocycles. The van der Waals surface area contributed by atoms with E-state index in [2.05, 4.69) is 19.9 Å². The van der Waals surface area contributed by atoms with Crippen LogP contribution < -0.4 is 16.4 Å². The number of thiazole rings is 1. The van der Waals surface area contributed by atoms with Crippen molar-refractivity contribution in [2.45, 2.75) is 38.6 Å². The van der Waals surface area contributed by atoms with Gasteiger partial charge in [0, 0.05) is 23.4 Å². The number of aryl methyl sites for hydroxylation is 1. The van der Waals surface area contributed by atoms with E-state index in [-0.39, 0.29) is 0 Å². The molecule has 2 aromatic rings. The van der Waals surface area contributed by atoms with Crippen LogP contribution in [0.4, 0.5) is 16.9 Å². The number of nitrogens with zero attached hydrogens (tertiary/aromatic N) is 4. The van der Waals surface area contributed by atoms with Gasteiger partial charge in [0.15, 0.2) is 5.13 Å². The highest BCUT2D eigenvalue weighted by Crippen LogP contribution is 2.33. The van der Waals surface area contributed by atoms with Crippen LogP contribution in [-0.4, -0.2) is 21.5 Å². The second-order valence-corrected chi connectivity index (χ2v) is 6.75. The fourth-order valence-corrected chi connectivity index (χ4v) is 4.14. The summed E-state index contributed by atoms with van der Waals surface area (Å²) in [6.07, 6.45) is 5.39. The molecule has 2 aromatic heterocycles. The third-order valence-electron chi connectivity index (χ3n) is 4.23. The van der Waals surface area contributed by atoms with E-state index in [4.69, 9.17) is 11.5 Å². The molecule has 0 fully saturated rings. The second kappa shape index (κ2) is 4.84. The first-order valence-electron chi connectivity index (χ1n) is 7.35. The summed E-state index contributed by atoms with van der Waals surface area (Å²) < 4.78 is 0. The van der Waals surface area contributed by atoms with Crippen molar-refractivity contribution in [1.29, 1.82) is 0 Å². The monoisotopic (exact) mass is 302 g/mol. The molecule has 0 saturated carbocycles. The Morgan fingerprint density at radius 3 is 2.71 bits per heavy atom. The molecule has 2 aliphatic rings. The van der Waals surface area contributed by atoms with Gasteiger partial charge in [-0.25, -0.2) is 9.97 Å². The average Bonchev–Trinajstić information content (AvgIpc) is 2.85. The van der Waals surface area contributed by atoms with Crippen LogP contribution in [-0.2, 0) is 25.8 Å². The topological polar surface area (TPSA) is 94.0 Å². The van der Waals surface area contributed by atoms with Crippen molar-refractivity contribution in [2.24, 2.45) is 0 Å². The molecule has 21 heavy (non-hydrogen) atoms. The lowest BCUT2D eigenvalue weighted by molar-refractivity contribution is 0.647. The standard InChI is InChI=1S/C14H18N6S/c15-13-17-9-4-2-1-3-8(9)12(19-13)20-6-5-10-11(7-20)21-14(16)18-10/h1-7H2,(H2,16,18)(H2,15,17,19). The van der Waals surface area contributed by atoms with Crippen molar-refractivity contribution in [3.05, 3.63) is 21.8 Å². The number of nitrogens with two attached hydrogens (primary N) is 2. The van der Waals surface area contributed by atoms with Crippen LogP contribution in [0.15, 0.2) is 0 Å². The van der Waals surface area contributed by atoms with Crippen LogP contribution in [0.25, 0.3) is 0 Å². The highest BCUT2D eigenvalue weighted by molar-refractivity contribution is 7.15. The molecule has 110 valence electrons. The molecule has 0 atom stereocenters. The summed E-state index contributed by atoms with van der Waals surface area (Å²) in [4.78, 5) is 16.9. The Hall–Kier alpha value is -1.89. The van der Waals surface area contributed by atoms with Crippen molar-refractivity contribution in [3.63, 3.8) is 0 Å². The minimum atomic E-state index is 0.389. The Balaban J connectivity index is 1.72. The minimum absolute atomic E-state index is 0.389. The van der Waals surface area contributed by atoms with Gasteiger partial charge in [0.25, 0.3) is 0 Å². The maximum absolute atomic E-state index is 5.91. The van der Waals surface area contributed by atoms with Crippen molar-refractivity contribution in [2.75, 3.05) is 22.9 Å². The van der Waals surface area contributed by atoms with E-state index in [1.165, 1.54) is 23.3 Å². The quantitative estimate of drug-likeness (QED) is 0.830. The Kier molecular flexibility index (Phi) is 2.95. The van der Waals surface area contributed by atoms with Crippen LogP contribution in [0.3, 0.4) is 0 Å². The first-order valence-corrected chi connectivity index (χ1v) is 8.16.